The van der Waals surface area contributed by atoms with Gasteiger partial charge in [-0.15, -0.1) is 0 Å². The van der Waals surface area contributed by atoms with Crippen LogP contribution >= 0.6 is 0 Å². The topological polar surface area (TPSA) is 252 Å². The molecule has 0 aromatic carbocycles. The van der Waals surface area contributed by atoms with E-state index in [-0.39, 0.29) is 31.3 Å². The van der Waals surface area contributed by atoms with Gasteiger partial charge < -0.3 is 43.4 Å². The van der Waals surface area contributed by atoms with Gasteiger partial charge in [0.15, 0.2) is 5.96 Å². The van der Waals surface area contributed by atoms with Crippen LogP contribution in [0, 0.1) is 11.8 Å². The van der Waals surface area contributed by atoms with E-state index in [9.17, 15) is 29.1 Å². The van der Waals surface area contributed by atoms with Crippen LogP contribution in [0.5, 0.6) is 0 Å². The normalized spacial score (nSPS) is 14.4. The summed E-state index contributed by atoms with van der Waals surface area (Å²) in [5.74, 6) is -5.39. The summed E-state index contributed by atoms with van der Waals surface area (Å²) in [5, 5.41) is 25.5. The summed E-state index contributed by atoms with van der Waals surface area (Å²) in [6, 6.07) is -4.52. The van der Waals surface area contributed by atoms with Crippen molar-refractivity contribution in [2.24, 2.45) is 34.0 Å². The summed E-state index contributed by atoms with van der Waals surface area (Å²) in [6.45, 7) is 6.98. The average molecular weight is 502 g/mol. The van der Waals surface area contributed by atoms with E-state index in [2.05, 4.69) is 20.9 Å². The van der Waals surface area contributed by atoms with Gasteiger partial charge in [-0.1, -0.05) is 27.7 Å². The number of rotatable bonds is 16. The van der Waals surface area contributed by atoms with Gasteiger partial charge in [-0.2, -0.15) is 0 Å². The first-order valence-electron chi connectivity index (χ1n) is 11.3. The van der Waals surface area contributed by atoms with Crippen LogP contribution in [0.15, 0.2) is 4.99 Å². The van der Waals surface area contributed by atoms with Gasteiger partial charge in [-0.05, 0) is 31.1 Å². The summed E-state index contributed by atoms with van der Waals surface area (Å²) in [4.78, 5) is 64.3. The largest absolute Gasteiger partial charge is 0.481 e. The molecule has 0 aromatic rings. The predicted octanol–water partition coefficient (Wildman–Crippen LogP) is -1.92. The summed E-state index contributed by atoms with van der Waals surface area (Å²) in [7, 11) is 0. The van der Waals surface area contributed by atoms with E-state index in [1.807, 2.05) is 0 Å². The Hall–Kier alpha value is -3.42. The molecule has 0 saturated carbocycles. The molecule has 0 saturated heterocycles. The zero-order valence-electron chi connectivity index (χ0n) is 20.6. The van der Waals surface area contributed by atoms with E-state index in [0.29, 0.717) is 6.42 Å². The smallest absolute Gasteiger partial charge is 0.326 e. The highest BCUT2D eigenvalue weighted by atomic mass is 16.4. The van der Waals surface area contributed by atoms with Crippen molar-refractivity contribution >= 4 is 35.6 Å². The standard InChI is InChI=1S/C21H39N7O7/c1-10(2)15(22)18(32)26-12(6-5-9-25-21(23)24)17(31)28-16(11(3)4)19(33)27-13(20(34)35)7-8-14(29)30/h10-13,15-16H,5-9,22H2,1-4H3,(H,26,32)(H,27,33)(H,28,31)(H,29,30)(H,34,35)(H4,23,24,25). The molecule has 4 unspecified atom stereocenters. The summed E-state index contributed by atoms with van der Waals surface area (Å²) in [6.07, 6.45) is -0.314. The van der Waals surface area contributed by atoms with Crippen molar-refractivity contribution < 1.29 is 34.2 Å². The average Bonchev–Trinajstić information content (AvgIpc) is 2.74. The molecule has 0 spiro atoms. The Labute approximate surface area is 204 Å². The molecule has 0 aromatic heterocycles. The molecule has 0 aliphatic carbocycles. The van der Waals surface area contributed by atoms with E-state index >= 15 is 0 Å². The SMILES string of the molecule is CC(C)C(N)C(=O)NC(CCCN=C(N)N)C(=O)NC(C(=O)NC(CCC(=O)O)C(=O)O)C(C)C. The molecule has 0 aliphatic heterocycles. The minimum atomic E-state index is -1.45. The molecule has 200 valence electrons. The van der Waals surface area contributed by atoms with Crippen molar-refractivity contribution in [3.63, 3.8) is 0 Å². The number of amides is 3. The fourth-order valence-corrected chi connectivity index (χ4v) is 2.92. The van der Waals surface area contributed by atoms with Crippen LogP contribution in [0.3, 0.4) is 0 Å². The number of hydrogen-bond acceptors (Lipinski definition) is 7. The highest BCUT2D eigenvalue weighted by Gasteiger charge is 2.32. The maximum atomic E-state index is 13.0. The van der Waals surface area contributed by atoms with E-state index in [4.69, 9.17) is 22.3 Å². The van der Waals surface area contributed by atoms with Crippen LogP contribution < -0.4 is 33.2 Å². The third-order valence-electron chi connectivity index (χ3n) is 5.11. The molecule has 0 heterocycles. The van der Waals surface area contributed by atoms with Crippen molar-refractivity contribution in [1.82, 2.24) is 16.0 Å². The van der Waals surface area contributed by atoms with Gasteiger partial charge in [0.05, 0.1) is 6.04 Å². The lowest BCUT2D eigenvalue weighted by Gasteiger charge is -2.27. The molecule has 14 nitrogen and oxygen atoms in total. The highest BCUT2D eigenvalue weighted by molar-refractivity contribution is 5.94. The van der Waals surface area contributed by atoms with Crippen molar-refractivity contribution in [2.75, 3.05) is 6.54 Å². The van der Waals surface area contributed by atoms with Crippen molar-refractivity contribution in [1.29, 1.82) is 0 Å². The van der Waals surface area contributed by atoms with Crippen LogP contribution in [-0.2, 0) is 24.0 Å². The number of carbonyl (C=O) groups is 5. The first kappa shape index (κ1) is 31.6. The van der Waals surface area contributed by atoms with Gasteiger partial charge in [-0.3, -0.25) is 24.2 Å². The maximum absolute atomic E-state index is 13.0. The molecule has 0 aliphatic rings. The van der Waals surface area contributed by atoms with Gasteiger partial charge in [-0.25, -0.2) is 4.79 Å². The van der Waals surface area contributed by atoms with Gasteiger partial charge in [0, 0.05) is 13.0 Å². The molecule has 0 fully saturated rings. The second kappa shape index (κ2) is 15.5. The molecule has 0 radical (unpaired) electrons. The number of carbonyl (C=O) groups excluding carboxylic acids is 3. The Balaban J connectivity index is 5.52. The fourth-order valence-electron chi connectivity index (χ4n) is 2.92. The zero-order valence-corrected chi connectivity index (χ0v) is 20.6. The minimum absolute atomic E-state index is 0.121. The Morgan fingerprint density at radius 1 is 0.800 bits per heavy atom. The number of nitrogens with two attached hydrogens (primary N) is 3. The molecular weight excluding hydrogens is 462 g/mol. The van der Waals surface area contributed by atoms with E-state index in [0.717, 1.165) is 0 Å². The lowest BCUT2D eigenvalue weighted by molar-refractivity contribution is -0.143. The maximum Gasteiger partial charge on any atom is 0.326 e. The van der Waals surface area contributed by atoms with Crippen molar-refractivity contribution in [3.8, 4) is 0 Å². The summed E-state index contributed by atoms with van der Waals surface area (Å²) < 4.78 is 0. The number of guanidine groups is 1. The Morgan fingerprint density at radius 3 is 1.83 bits per heavy atom. The molecule has 11 N–H and O–H groups in total. The second-order valence-corrected chi connectivity index (χ2v) is 8.84. The van der Waals surface area contributed by atoms with E-state index in [1.54, 1.807) is 27.7 Å². The highest BCUT2D eigenvalue weighted by Crippen LogP contribution is 2.08. The van der Waals surface area contributed by atoms with Crippen molar-refractivity contribution in [2.45, 2.75) is 77.5 Å². The van der Waals surface area contributed by atoms with Crippen LogP contribution in [0.1, 0.15) is 53.4 Å². The molecule has 4 atom stereocenters. The molecule has 35 heavy (non-hydrogen) atoms. The molecule has 14 heteroatoms. The number of nitrogens with one attached hydrogen (secondary N) is 3. The van der Waals surface area contributed by atoms with Gasteiger partial charge in [0.25, 0.3) is 0 Å². The number of aliphatic carboxylic acids is 2. The monoisotopic (exact) mass is 501 g/mol. The second-order valence-electron chi connectivity index (χ2n) is 8.84. The van der Waals surface area contributed by atoms with Crippen LogP contribution in [-0.4, -0.2) is 76.5 Å². The number of aliphatic imine (C=N–C) groups is 1. The molecular formula is C21H39N7O7. The number of hydrogen-bond donors (Lipinski definition) is 8. The first-order valence-corrected chi connectivity index (χ1v) is 11.3. The lowest BCUT2D eigenvalue weighted by atomic mass is 10.0. The van der Waals surface area contributed by atoms with E-state index < -0.39 is 66.2 Å². The van der Waals surface area contributed by atoms with Crippen LogP contribution in [0.4, 0.5) is 0 Å². The Kier molecular flexibility index (Phi) is 14.0. The molecule has 0 rings (SSSR count). The third-order valence-corrected chi connectivity index (χ3v) is 5.11. The first-order chi connectivity index (χ1) is 16.2. The Morgan fingerprint density at radius 2 is 1.37 bits per heavy atom. The predicted molar refractivity (Wildman–Crippen MR) is 128 cm³/mol. The van der Waals surface area contributed by atoms with Crippen LogP contribution in [0.25, 0.3) is 0 Å². The summed E-state index contributed by atoms with van der Waals surface area (Å²) >= 11 is 0. The molecule has 0 bridgehead atoms. The Bertz CT molecular complexity index is 782. The number of carboxylic acids is 2. The summed E-state index contributed by atoms with van der Waals surface area (Å²) in [5.41, 5.74) is 16.5. The fraction of sp³-hybridized carbons (Fsp3) is 0.714. The minimum Gasteiger partial charge on any atom is -0.481 e. The van der Waals surface area contributed by atoms with E-state index in [1.165, 1.54) is 0 Å². The van der Waals surface area contributed by atoms with Gasteiger partial charge in [0.2, 0.25) is 17.7 Å². The zero-order chi connectivity index (χ0) is 27.3. The quantitative estimate of drug-likeness (QED) is 0.0661. The van der Waals surface area contributed by atoms with Gasteiger partial charge >= 0.3 is 11.9 Å². The number of carboxylic acid groups (broad SMARTS) is 2. The van der Waals surface area contributed by atoms with Crippen molar-refractivity contribution in [3.05, 3.63) is 0 Å². The van der Waals surface area contributed by atoms with Crippen LogP contribution in [0.2, 0.25) is 0 Å². The number of nitrogens with zero attached hydrogens (tertiary/aromatic N) is 1. The third kappa shape index (κ3) is 12.6. The molecule has 3 amide bonds. The lowest BCUT2D eigenvalue weighted by Crippen LogP contribution is -2.58. The van der Waals surface area contributed by atoms with Gasteiger partial charge in [0.1, 0.15) is 18.1 Å².